The zero-order chi connectivity index (χ0) is 21.7. The van der Waals surface area contributed by atoms with E-state index in [2.05, 4.69) is 0 Å². The van der Waals surface area contributed by atoms with Gasteiger partial charge >= 0.3 is 12.1 Å². The third-order valence-electron chi connectivity index (χ3n) is 4.47. The van der Waals surface area contributed by atoms with Crippen molar-refractivity contribution in [1.29, 1.82) is 0 Å². The van der Waals surface area contributed by atoms with Gasteiger partial charge in [0.2, 0.25) is 0 Å². The summed E-state index contributed by atoms with van der Waals surface area (Å²) in [6.07, 6.45) is -0.504. The number of carbonyl (C=O) groups is 1. The average molecular weight is 412 g/mol. The van der Waals surface area contributed by atoms with Gasteiger partial charge in [0.15, 0.2) is 6.61 Å². The average Bonchev–Trinajstić information content (AvgIpc) is 2.71. The van der Waals surface area contributed by atoms with Crippen LogP contribution in [0.1, 0.15) is 22.3 Å². The van der Waals surface area contributed by atoms with Crippen LogP contribution in [0.5, 0.6) is 5.75 Å². The summed E-state index contributed by atoms with van der Waals surface area (Å²) in [6, 6.07) is 18.0. The molecule has 0 aliphatic heterocycles. The molecule has 0 atom stereocenters. The number of carboxylic acids is 1. The van der Waals surface area contributed by atoms with Crippen molar-refractivity contribution in [1.82, 2.24) is 0 Å². The molecular weight excluding hydrogens is 393 g/mol. The summed E-state index contributed by atoms with van der Waals surface area (Å²) < 4.78 is 43.2. The van der Waals surface area contributed by atoms with Crippen molar-refractivity contribution in [2.45, 2.75) is 13.1 Å². The third kappa shape index (κ3) is 5.50. The molecule has 30 heavy (non-hydrogen) atoms. The van der Waals surface area contributed by atoms with Crippen LogP contribution in [0.25, 0.3) is 23.3 Å². The normalized spacial score (nSPS) is 11.6. The minimum atomic E-state index is -4.34. The molecule has 3 aromatic rings. The van der Waals surface area contributed by atoms with Gasteiger partial charge in [0, 0.05) is 0 Å². The molecule has 0 radical (unpaired) electrons. The lowest BCUT2D eigenvalue weighted by atomic mass is 10.0. The molecule has 0 bridgehead atoms. The minimum absolute atomic E-state index is 0.388. The predicted molar refractivity (Wildman–Crippen MR) is 110 cm³/mol. The molecule has 154 valence electrons. The van der Waals surface area contributed by atoms with Gasteiger partial charge in [0.25, 0.3) is 0 Å². The Balaban J connectivity index is 1.69. The monoisotopic (exact) mass is 412 g/mol. The molecule has 6 heteroatoms. The number of aryl methyl sites for hydroxylation is 1. The fourth-order valence-corrected chi connectivity index (χ4v) is 2.91. The molecule has 0 spiro atoms. The van der Waals surface area contributed by atoms with Crippen molar-refractivity contribution in [2.24, 2.45) is 0 Å². The van der Waals surface area contributed by atoms with Gasteiger partial charge in [-0.2, -0.15) is 13.2 Å². The van der Waals surface area contributed by atoms with E-state index in [1.165, 1.54) is 12.1 Å². The van der Waals surface area contributed by atoms with E-state index in [0.29, 0.717) is 11.3 Å². The maximum absolute atomic E-state index is 12.7. The summed E-state index contributed by atoms with van der Waals surface area (Å²) in [4.78, 5) is 10.6. The highest BCUT2D eigenvalue weighted by atomic mass is 19.4. The van der Waals surface area contributed by atoms with Crippen LogP contribution in [0, 0.1) is 6.92 Å². The second-order valence-electron chi connectivity index (χ2n) is 6.74. The topological polar surface area (TPSA) is 46.5 Å². The van der Waals surface area contributed by atoms with E-state index in [1.807, 2.05) is 55.5 Å². The highest BCUT2D eigenvalue weighted by Gasteiger charge is 2.29. The Labute approximate surface area is 172 Å². The molecular formula is C24H19F3O3. The molecule has 0 saturated carbocycles. The number of halogens is 3. The molecule has 3 nitrogen and oxygen atoms in total. The molecule has 3 rings (SSSR count). The van der Waals surface area contributed by atoms with Crippen LogP contribution in [0.15, 0.2) is 66.7 Å². The summed E-state index contributed by atoms with van der Waals surface area (Å²) >= 11 is 0. The van der Waals surface area contributed by atoms with Crippen molar-refractivity contribution < 1.29 is 27.8 Å². The molecule has 0 heterocycles. The lowest BCUT2D eigenvalue weighted by Crippen LogP contribution is -2.10. The second-order valence-corrected chi connectivity index (χ2v) is 6.74. The van der Waals surface area contributed by atoms with Gasteiger partial charge in [-0.15, -0.1) is 0 Å². The quantitative estimate of drug-likeness (QED) is 0.482. The first-order valence-electron chi connectivity index (χ1n) is 9.13. The standard InChI is InChI=1S/C24H19F3O3/c1-16-14-18(6-13-22(16)30-15-23(28)29)3-2-17-4-7-19(8-5-17)20-9-11-21(12-10-20)24(25,26)27/h2-14H,15H2,1H3,(H,28,29). The number of ether oxygens (including phenoxy) is 1. The second kappa shape index (κ2) is 8.86. The predicted octanol–water partition coefficient (Wildman–Crippen LogP) is 6.31. The Hall–Kier alpha value is -3.54. The minimum Gasteiger partial charge on any atom is -0.482 e. The number of benzene rings is 3. The third-order valence-corrected chi connectivity index (χ3v) is 4.47. The Kier molecular flexibility index (Phi) is 6.26. The number of alkyl halides is 3. The van der Waals surface area contributed by atoms with Gasteiger partial charge in [0.1, 0.15) is 5.75 Å². The summed E-state index contributed by atoms with van der Waals surface area (Å²) in [6.45, 7) is 1.45. The van der Waals surface area contributed by atoms with Crippen molar-refractivity contribution in [3.05, 3.63) is 89.0 Å². The van der Waals surface area contributed by atoms with Crippen LogP contribution in [-0.2, 0) is 11.0 Å². The van der Waals surface area contributed by atoms with Crippen molar-refractivity contribution in [3.8, 4) is 16.9 Å². The van der Waals surface area contributed by atoms with Gasteiger partial charge < -0.3 is 9.84 Å². The zero-order valence-electron chi connectivity index (χ0n) is 16.1. The van der Waals surface area contributed by atoms with Gasteiger partial charge in [0.05, 0.1) is 5.56 Å². The fraction of sp³-hybridized carbons (Fsp3) is 0.125. The summed E-state index contributed by atoms with van der Waals surface area (Å²) in [7, 11) is 0. The van der Waals surface area contributed by atoms with Crippen molar-refractivity contribution in [3.63, 3.8) is 0 Å². The summed E-state index contributed by atoms with van der Waals surface area (Å²) in [5.74, 6) is -0.506. The van der Waals surface area contributed by atoms with E-state index < -0.39 is 17.7 Å². The number of rotatable bonds is 6. The molecule has 0 aliphatic rings. The largest absolute Gasteiger partial charge is 0.482 e. The van der Waals surface area contributed by atoms with E-state index in [9.17, 15) is 18.0 Å². The lowest BCUT2D eigenvalue weighted by Gasteiger charge is -2.08. The van der Waals surface area contributed by atoms with E-state index in [4.69, 9.17) is 9.84 Å². The molecule has 3 aromatic carbocycles. The Bertz CT molecular complexity index is 1050. The molecule has 0 saturated heterocycles. The maximum Gasteiger partial charge on any atom is 0.416 e. The SMILES string of the molecule is Cc1cc(C=Cc2ccc(-c3ccc(C(F)(F)F)cc3)cc2)ccc1OCC(=O)O. The van der Waals surface area contributed by atoms with Crippen molar-refractivity contribution in [2.75, 3.05) is 6.61 Å². The van der Waals surface area contributed by atoms with Crippen LogP contribution in [0.3, 0.4) is 0 Å². The number of hydrogen-bond donors (Lipinski definition) is 1. The molecule has 0 fully saturated rings. The number of hydrogen-bond acceptors (Lipinski definition) is 2. The van der Waals surface area contributed by atoms with E-state index in [1.54, 1.807) is 6.07 Å². The van der Waals surface area contributed by atoms with E-state index in [-0.39, 0.29) is 6.61 Å². The van der Waals surface area contributed by atoms with E-state index in [0.717, 1.165) is 34.4 Å². The lowest BCUT2D eigenvalue weighted by molar-refractivity contribution is -0.139. The van der Waals surface area contributed by atoms with Crippen LogP contribution >= 0.6 is 0 Å². The molecule has 0 amide bonds. The smallest absolute Gasteiger partial charge is 0.416 e. The Morgan fingerprint density at radius 3 is 1.97 bits per heavy atom. The molecule has 1 N–H and O–H groups in total. The zero-order valence-corrected chi connectivity index (χ0v) is 16.1. The van der Waals surface area contributed by atoms with Crippen LogP contribution in [0.4, 0.5) is 13.2 Å². The van der Waals surface area contributed by atoms with Crippen LogP contribution in [-0.4, -0.2) is 17.7 Å². The molecule has 0 aromatic heterocycles. The Morgan fingerprint density at radius 2 is 1.43 bits per heavy atom. The highest BCUT2D eigenvalue weighted by molar-refractivity contribution is 5.73. The first-order chi connectivity index (χ1) is 14.2. The Morgan fingerprint density at radius 1 is 0.900 bits per heavy atom. The first-order valence-corrected chi connectivity index (χ1v) is 9.13. The summed E-state index contributed by atoms with van der Waals surface area (Å²) in [5, 5.41) is 8.69. The number of carboxylic acid groups (broad SMARTS) is 1. The fourth-order valence-electron chi connectivity index (χ4n) is 2.91. The maximum atomic E-state index is 12.7. The number of aliphatic carboxylic acids is 1. The molecule has 0 aliphatic carbocycles. The molecule has 0 unspecified atom stereocenters. The van der Waals surface area contributed by atoms with Gasteiger partial charge in [-0.25, -0.2) is 4.79 Å². The summed E-state index contributed by atoms with van der Waals surface area (Å²) in [5.41, 5.74) is 3.58. The highest BCUT2D eigenvalue weighted by Crippen LogP contribution is 2.31. The van der Waals surface area contributed by atoms with Gasteiger partial charge in [-0.05, 0) is 59.0 Å². The van der Waals surface area contributed by atoms with Crippen LogP contribution in [0.2, 0.25) is 0 Å². The van der Waals surface area contributed by atoms with Gasteiger partial charge in [-0.1, -0.05) is 54.6 Å². The van der Waals surface area contributed by atoms with Gasteiger partial charge in [-0.3, -0.25) is 0 Å². The first kappa shape index (κ1) is 21.2. The van der Waals surface area contributed by atoms with Crippen LogP contribution < -0.4 is 4.74 Å². The van der Waals surface area contributed by atoms with Crippen molar-refractivity contribution >= 4 is 18.1 Å². The van der Waals surface area contributed by atoms with E-state index >= 15 is 0 Å².